The van der Waals surface area contributed by atoms with Crippen LogP contribution in [0.2, 0.25) is 0 Å². The second kappa shape index (κ2) is 20.3. The Labute approximate surface area is 299 Å². The number of carbonyl (C=O) groups is 6. The predicted molar refractivity (Wildman–Crippen MR) is 178 cm³/mol. The number of rotatable bonds is 20. The molecule has 0 radical (unpaired) electrons. The molecule has 2 aromatic carbocycles. The zero-order valence-corrected chi connectivity index (χ0v) is 28.4. The maximum Gasteiger partial charge on any atom is 0.339 e. The molecule has 0 fully saturated rings. The lowest BCUT2D eigenvalue weighted by Gasteiger charge is -2.14. The lowest BCUT2D eigenvalue weighted by atomic mass is 10.1. The number of aromatic nitrogens is 3. The van der Waals surface area contributed by atoms with Crippen LogP contribution in [-0.2, 0) is 57.6 Å². The minimum atomic E-state index is -1.15. The first-order valence-electron chi connectivity index (χ1n) is 15.7. The molecule has 0 saturated carbocycles. The molecule has 0 bridgehead atoms. The summed E-state index contributed by atoms with van der Waals surface area (Å²) in [7, 11) is 0. The minimum Gasteiger partial charge on any atom is -0.464 e. The highest BCUT2D eigenvalue weighted by Gasteiger charge is 2.22. The third-order valence-corrected chi connectivity index (χ3v) is 6.94. The molecule has 0 aliphatic rings. The van der Waals surface area contributed by atoms with E-state index in [0.29, 0.717) is 13.7 Å². The molecule has 3 aromatic rings. The maximum absolute atomic E-state index is 13.3. The van der Waals surface area contributed by atoms with Crippen LogP contribution in [-0.4, -0.2) is 101 Å². The van der Waals surface area contributed by atoms with Crippen LogP contribution in [0.3, 0.4) is 0 Å². The van der Waals surface area contributed by atoms with Crippen molar-refractivity contribution >= 4 is 36.3 Å². The molecule has 0 aliphatic carbocycles. The molecule has 53 heavy (non-hydrogen) atoms. The molecule has 1 heterocycles. The summed E-state index contributed by atoms with van der Waals surface area (Å²) >= 11 is 0. The smallest absolute Gasteiger partial charge is 0.339 e. The van der Waals surface area contributed by atoms with E-state index in [0.717, 1.165) is 0 Å². The maximum atomic E-state index is 13.3. The topological polar surface area (TPSA) is 244 Å². The van der Waals surface area contributed by atoms with E-state index in [2.05, 4.69) is 11.3 Å². The standard InChI is InChI=1S/C34H35N3O16/c1-22(2)27(40)51-19-20-53-31(44)26-10-6-4-8-24(26)29(42)50-16-13-37-33(46)35(11-14-38)32(45)36(34(37)47)12-15-49-28(41)23-7-3-5-9-25(23)30(43)52-18-17-48-21-39/h3-10,21,38H,1,11-20H2,2H3. The minimum absolute atomic E-state index is 0.153. The summed E-state index contributed by atoms with van der Waals surface area (Å²) in [6, 6.07) is 10.9. The fourth-order valence-electron chi connectivity index (χ4n) is 4.43. The van der Waals surface area contributed by atoms with Gasteiger partial charge < -0.3 is 33.5 Å². The second-order valence-electron chi connectivity index (χ2n) is 10.5. The van der Waals surface area contributed by atoms with E-state index in [4.69, 9.17) is 23.7 Å². The lowest BCUT2D eigenvalue weighted by Crippen LogP contribution is -2.55. The molecule has 0 spiro atoms. The van der Waals surface area contributed by atoms with Crippen LogP contribution in [0.15, 0.2) is 75.1 Å². The van der Waals surface area contributed by atoms with Gasteiger partial charge in [-0.3, -0.25) is 4.79 Å². The Morgan fingerprint density at radius 3 is 1.28 bits per heavy atom. The van der Waals surface area contributed by atoms with E-state index < -0.39 is 86.4 Å². The summed E-state index contributed by atoms with van der Waals surface area (Å²) < 4.78 is 31.4. The van der Waals surface area contributed by atoms with Gasteiger partial charge in [-0.2, -0.15) is 0 Å². The second-order valence-corrected chi connectivity index (χ2v) is 10.5. The number of esters is 5. The summed E-state index contributed by atoms with van der Waals surface area (Å²) in [5.41, 5.74) is -4.02. The summed E-state index contributed by atoms with van der Waals surface area (Å²) in [6.07, 6.45) is 0. The monoisotopic (exact) mass is 741 g/mol. The molecule has 0 unspecified atom stereocenters. The number of ether oxygens (including phenoxy) is 6. The van der Waals surface area contributed by atoms with Gasteiger partial charge in [0.1, 0.15) is 39.6 Å². The molecule has 3 rings (SSSR count). The number of aliphatic hydroxyl groups is 1. The summed E-state index contributed by atoms with van der Waals surface area (Å²) in [5.74, 6) is -4.55. The quantitative estimate of drug-likeness (QED) is 0.0504. The van der Waals surface area contributed by atoms with Gasteiger partial charge in [-0.15, -0.1) is 0 Å². The fraction of sp³-hybridized carbons (Fsp3) is 0.324. The average Bonchev–Trinajstić information content (AvgIpc) is 3.15. The zero-order valence-electron chi connectivity index (χ0n) is 28.4. The number of benzene rings is 2. The molecular formula is C34H35N3O16. The van der Waals surface area contributed by atoms with Crippen LogP contribution < -0.4 is 17.1 Å². The Kier molecular flexibility index (Phi) is 15.6. The van der Waals surface area contributed by atoms with Crippen molar-refractivity contribution in [3.8, 4) is 0 Å². The molecule has 0 amide bonds. The first-order chi connectivity index (χ1) is 25.4. The van der Waals surface area contributed by atoms with Gasteiger partial charge in [0.2, 0.25) is 0 Å². The third kappa shape index (κ3) is 11.2. The van der Waals surface area contributed by atoms with Crippen LogP contribution in [0.25, 0.3) is 0 Å². The highest BCUT2D eigenvalue weighted by molar-refractivity contribution is 6.03. The van der Waals surface area contributed by atoms with Crippen molar-refractivity contribution in [1.82, 2.24) is 13.7 Å². The van der Waals surface area contributed by atoms with E-state index in [1.54, 1.807) is 0 Å². The van der Waals surface area contributed by atoms with Gasteiger partial charge in [0, 0.05) is 5.57 Å². The van der Waals surface area contributed by atoms with Crippen molar-refractivity contribution in [3.05, 3.63) is 114 Å². The van der Waals surface area contributed by atoms with Gasteiger partial charge in [0.25, 0.3) is 6.47 Å². The molecule has 19 heteroatoms. The van der Waals surface area contributed by atoms with Gasteiger partial charge in [0.05, 0.1) is 48.5 Å². The van der Waals surface area contributed by atoms with Crippen molar-refractivity contribution in [2.45, 2.75) is 26.6 Å². The van der Waals surface area contributed by atoms with Crippen molar-refractivity contribution in [2.24, 2.45) is 0 Å². The van der Waals surface area contributed by atoms with E-state index in [-0.39, 0.29) is 60.7 Å². The Balaban J connectivity index is 1.70. The molecule has 19 nitrogen and oxygen atoms in total. The summed E-state index contributed by atoms with van der Waals surface area (Å²) in [4.78, 5) is 112. The normalized spacial score (nSPS) is 10.5. The van der Waals surface area contributed by atoms with Crippen molar-refractivity contribution in [1.29, 1.82) is 0 Å². The molecule has 0 atom stereocenters. The van der Waals surface area contributed by atoms with E-state index in [1.165, 1.54) is 55.5 Å². The summed E-state index contributed by atoms with van der Waals surface area (Å²) in [6.45, 7) is 0.514. The van der Waals surface area contributed by atoms with Crippen molar-refractivity contribution in [3.63, 3.8) is 0 Å². The first-order valence-corrected chi connectivity index (χ1v) is 15.7. The van der Waals surface area contributed by atoms with Gasteiger partial charge in [-0.05, 0) is 31.2 Å². The molecular weight excluding hydrogens is 706 g/mol. The lowest BCUT2D eigenvalue weighted by molar-refractivity contribution is -0.140. The Morgan fingerprint density at radius 2 is 0.925 bits per heavy atom. The van der Waals surface area contributed by atoms with Crippen LogP contribution in [0.4, 0.5) is 0 Å². The SMILES string of the molecule is C=C(C)C(=O)OCCOC(=O)c1ccccc1C(=O)OCCn1c(=O)n(CCO)c(=O)n(CCOC(=O)c2ccccc2C(=O)OCCOC=O)c1=O. The number of carbonyl (C=O) groups excluding carboxylic acids is 6. The molecule has 1 aromatic heterocycles. The summed E-state index contributed by atoms with van der Waals surface area (Å²) in [5, 5.41) is 9.45. The number of hydrogen-bond donors (Lipinski definition) is 1. The Hall–Kier alpha value is -6.63. The number of aliphatic hydroxyl groups excluding tert-OH is 1. The van der Waals surface area contributed by atoms with Crippen molar-refractivity contribution < 1.29 is 62.3 Å². The largest absolute Gasteiger partial charge is 0.464 e. The average molecular weight is 742 g/mol. The number of hydrogen-bond acceptors (Lipinski definition) is 16. The van der Waals surface area contributed by atoms with Crippen LogP contribution in [0, 0.1) is 0 Å². The fourth-order valence-corrected chi connectivity index (χ4v) is 4.43. The van der Waals surface area contributed by atoms with Crippen LogP contribution >= 0.6 is 0 Å². The van der Waals surface area contributed by atoms with Crippen molar-refractivity contribution in [2.75, 3.05) is 46.2 Å². The Morgan fingerprint density at radius 1 is 0.585 bits per heavy atom. The van der Waals surface area contributed by atoms with E-state index >= 15 is 0 Å². The zero-order chi connectivity index (χ0) is 38.9. The number of nitrogens with zero attached hydrogens (tertiary/aromatic N) is 3. The predicted octanol–water partition coefficient (Wildman–Crippen LogP) is -0.516. The highest BCUT2D eigenvalue weighted by Crippen LogP contribution is 2.13. The Bertz CT molecular complexity index is 2030. The van der Waals surface area contributed by atoms with Gasteiger partial charge in [-0.1, -0.05) is 30.8 Å². The van der Waals surface area contributed by atoms with Gasteiger partial charge >= 0.3 is 46.9 Å². The van der Waals surface area contributed by atoms with Crippen LogP contribution in [0.1, 0.15) is 48.4 Å². The van der Waals surface area contributed by atoms with Crippen LogP contribution in [0.5, 0.6) is 0 Å². The molecule has 0 saturated heterocycles. The molecule has 282 valence electrons. The molecule has 1 N–H and O–H groups in total. The van der Waals surface area contributed by atoms with Gasteiger partial charge in [-0.25, -0.2) is 52.1 Å². The highest BCUT2D eigenvalue weighted by atomic mass is 16.6. The van der Waals surface area contributed by atoms with Gasteiger partial charge in [0.15, 0.2) is 0 Å². The van der Waals surface area contributed by atoms with E-state index in [9.17, 15) is 48.3 Å². The van der Waals surface area contributed by atoms with E-state index in [1.807, 2.05) is 0 Å². The third-order valence-electron chi connectivity index (χ3n) is 6.94. The first kappa shape index (κ1) is 40.8. The molecule has 0 aliphatic heterocycles.